The van der Waals surface area contributed by atoms with Crippen molar-refractivity contribution in [2.24, 2.45) is 0 Å². The van der Waals surface area contributed by atoms with E-state index in [2.05, 4.69) is 10.6 Å². The number of carboxylic acids is 1. The van der Waals surface area contributed by atoms with Gasteiger partial charge in [-0.15, -0.1) is 0 Å². The van der Waals surface area contributed by atoms with Crippen molar-refractivity contribution < 1.29 is 19.4 Å². The van der Waals surface area contributed by atoms with Gasteiger partial charge in [0.05, 0.1) is 12.2 Å². The van der Waals surface area contributed by atoms with Crippen molar-refractivity contribution in [1.29, 1.82) is 0 Å². The Morgan fingerprint density at radius 1 is 1.50 bits per heavy atom. The number of carboxylic acid groups (broad SMARTS) is 1. The topological polar surface area (TPSA) is 87.7 Å². The van der Waals surface area contributed by atoms with E-state index in [0.29, 0.717) is 6.54 Å². The summed E-state index contributed by atoms with van der Waals surface area (Å²) in [5.41, 5.74) is 0. The minimum atomic E-state index is -1.05. The summed E-state index contributed by atoms with van der Waals surface area (Å²) in [4.78, 5) is 21.7. The highest BCUT2D eigenvalue weighted by molar-refractivity contribution is 5.82. The van der Waals surface area contributed by atoms with E-state index >= 15 is 0 Å². The van der Waals surface area contributed by atoms with Crippen LogP contribution in [0, 0.1) is 0 Å². The molecule has 16 heavy (non-hydrogen) atoms. The van der Waals surface area contributed by atoms with E-state index in [-0.39, 0.29) is 12.2 Å². The van der Waals surface area contributed by atoms with Crippen molar-refractivity contribution in [2.45, 2.75) is 44.9 Å². The Morgan fingerprint density at radius 3 is 2.69 bits per heavy atom. The van der Waals surface area contributed by atoms with Gasteiger partial charge in [0.15, 0.2) is 0 Å². The van der Waals surface area contributed by atoms with Crippen molar-refractivity contribution in [3.8, 4) is 0 Å². The van der Waals surface area contributed by atoms with Crippen LogP contribution in [0.25, 0.3) is 0 Å². The summed E-state index contributed by atoms with van der Waals surface area (Å²) in [5, 5.41) is 13.5. The summed E-state index contributed by atoms with van der Waals surface area (Å²) < 4.78 is 5.51. The largest absolute Gasteiger partial charge is 0.480 e. The first-order valence-corrected chi connectivity index (χ1v) is 5.41. The Balaban J connectivity index is 2.17. The Kier molecular flexibility index (Phi) is 4.54. The molecule has 0 radical (unpaired) electrons. The van der Waals surface area contributed by atoms with Crippen LogP contribution in [0.4, 0.5) is 4.79 Å². The maximum atomic E-state index is 11.3. The number of urea groups is 1. The first kappa shape index (κ1) is 12.8. The SMILES string of the molecule is CC1CCC(CNC(=O)NC(C)C(=O)O)O1. The third kappa shape index (κ3) is 4.06. The van der Waals surface area contributed by atoms with Gasteiger partial charge in [0.1, 0.15) is 6.04 Å². The van der Waals surface area contributed by atoms with Crippen LogP contribution in [0.3, 0.4) is 0 Å². The monoisotopic (exact) mass is 230 g/mol. The first-order valence-electron chi connectivity index (χ1n) is 5.41. The molecule has 0 aliphatic carbocycles. The van der Waals surface area contributed by atoms with Crippen LogP contribution in [-0.4, -0.2) is 41.9 Å². The molecule has 1 saturated heterocycles. The molecule has 0 saturated carbocycles. The molecular weight excluding hydrogens is 212 g/mol. The lowest BCUT2D eigenvalue weighted by molar-refractivity contribution is -0.138. The molecule has 1 aliphatic rings. The molecule has 1 rings (SSSR count). The second kappa shape index (κ2) is 5.69. The Morgan fingerprint density at radius 2 is 2.19 bits per heavy atom. The van der Waals surface area contributed by atoms with E-state index < -0.39 is 18.0 Å². The summed E-state index contributed by atoms with van der Waals surface area (Å²) in [6.07, 6.45) is 2.21. The molecule has 0 aromatic rings. The average Bonchev–Trinajstić information content (AvgIpc) is 2.61. The van der Waals surface area contributed by atoms with Gasteiger partial charge >= 0.3 is 12.0 Å². The molecular formula is C10H18N2O4. The normalized spacial score (nSPS) is 26.1. The minimum Gasteiger partial charge on any atom is -0.480 e. The van der Waals surface area contributed by atoms with Gasteiger partial charge in [0.2, 0.25) is 0 Å². The van der Waals surface area contributed by atoms with Gasteiger partial charge < -0.3 is 20.5 Å². The molecule has 1 aliphatic heterocycles. The highest BCUT2D eigenvalue weighted by Crippen LogP contribution is 2.17. The molecule has 3 N–H and O–H groups in total. The zero-order valence-corrected chi connectivity index (χ0v) is 9.53. The fraction of sp³-hybridized carbons (Fsp3) is 0.800. The molecule has 2 amide bonds. The van der Waals surface area contributed by atoms with E-state index in [1.165, 1.54) is 6.92 Å². The number of carbonyl (C=O) groups is 2. The van der Waals surface area contributed by atoms with Crippen molar-refractivity contribution in [3.63, 3.8) is 0 Å². The quantitative estimate of drug-likeness (QED) is 0.649. The number of rotatable bonds is 4. The van der Waals surface area contributed by atoms with E-state index in [9.17, 15) is 9.59 Å². The molecule has 92 valence electrons. The zero-order chi connectivity index (χ0) is 12.1. The lowest BCUT2D eigenvalue weighted by atomic mass is 10.2. The van der Waals surface area contributed by atoms with Crippen LogP contribution >= 0.6 is 0 Å². The third-order valence-corrected chi connectivity index (χ3v) is 2.53. The number of amides is 2. The molecule has 1 fully saturated rings. The molecule has 0 aromatic carbocycles. The number of aliphatic carboxylic acids is 1. The molecule has 3 unspecified atom stereocenters. The molecule has 6 nitrogen and oxygen atoms in total. The van der Waals surface area contributed by atoms with Crippen LogP contribution in [0.5, 0.6) is 0 Å². The smallest absolute Gasteiger partial charge is 0.325 e. The van der Waals surface area contributed by atoms with Crippen LogP contribution in [-0.2, 0) is 9.53 Å². The number of ether oxygens (including phenoxy) is 1. The summed E-state index contributed by atoms with van der Waals surface area (Å²) in [7, 11) is 0. The van der Waals surface area contributed by atoms with Crippen LogP contribution < -0.4 is 10.6 Å². The zero-order valence-electron chi connectivity index (χ0n) is 9.53. The maximum Gasteiger partial charge on any atom is 0.325 e. The predicted molar refractivity (Wildman–Crippen MR) is 57.2 cm³/mol. The Labute approximate surface area is 94.3 Å². The van der Waals surface area contributed by atoms with Crippen LogP contribution in [0.1, 0.15) is 26.7 Å². The van der Waals surface area contributed by atoms with Gasteiger partial charge in [-0.25, -0.2) is 4.79 Å². The summed E-state index contributed by atoms with van der Waals surface area (Å²) in [6.45, 7) is 3.82. The van der Waals surface area contributed by atoms with Crippen molar-refractivity contribution in [3.05, 3.63) is 0 Å². The molecule has 0 spiro atoms. The van der Waals surface area contributed by atoms with E-state index in [1.54, 1.807) is 0 Å². The number of hydrogen-bond donors (Lipinski definition) is 3. The fourth-order valence-corrected chi connectivity index (χ4v) is 1.55. The van der Waals surface area contributed by atoms with Crippen molar-refractivity contribution in [2.75, 3.05) is 6.54 Å². The fourth-order valence-electron chi connectivity index (χ4n) is 1.55. The minimum absolute atomic E-state index is 0.0425. The van der Waals surface area contributed by atoms with E-state index in [4.69, 9.17) is 9.84 Å². The highest BCUT2D eigenvalue weighted by Gasteiger charge is 2.22. The average molecular weight is 230 g/mol. The molecule has 0 bridgehead atoms. The standard InChI is InChI=1S/C10H18N2O4/c1-6-3-4-8(16-6)5-11-10(15)12-7(2)9(13)14/h6-8H,3-5H2,1-2H3,(H,13,14)(H2,11,12,15). The Hall–Kier alpha value is -1.30. The van der Waals surface area contributed by atoms with E-state index in [1.807, 2.05) is 6.92 Å². The van der Waals surface area contributed by atoms with Gasteiger partial charge in [0.25, 0.3) is 0 Å². The lowest BCUT2D eigenvalue weighted by Gasteiger charge is -2.14. The molecule has 6 heteroatoms. The van der Waals surface area contributed by atoms with Crippen LogP contribution in [0.2, 0.25) is 0 Å². The summed E-state index contributed by atoms with van der Waals surface area (Å²) in [5.74, 6) is -1.05. The predicted octanol–water partition coefficient (Wildman–Crippen LogP) is 0.326. The van der Waals surface area contributed by atoms with E-state index in [0.717, 1.165) is 12.8 Å². The van der Waals surface area contributed by atoms with Gasteiger partial charge in [-0.05, 0) is 26.7 Å². The van der Waals surface area contributed by atoms with Gasteiger partial charge in [0, 0.05) is 6.54 Å². The molecule has 1 heterocycles. The van der Waals surface area contributed by atoms with Gasteiger partial charge in [-0.3, -0.25) is 4.79 Å². The molecule has 0 aromatic heterocycles. The third-order valence-electron chi connectivity index (χ3n) is 2.53. The maximum absolute atomic E-state index is 11.3. The molecule has 3 atom stereocenters. The van der Waals surface area contributed by atoms with Crippen molar-refractivity contribution in [1.82, 2.24) is 10.6 Å². The Bertz CT molecular complexity index is 270. The second-order valence-corrected chi connectivity index (χ2v) is 4.06. The lowest BCUT2D eigenvalue weighted by Crippen LogP contribution is -2.46. The number of hydrogen-bond acceptors (Lipinski definition) is 3. The van der Waals surface area contributed by atoms with Crippen molar-refractivity contribution >= 4 is 12.0 Å². The van der Waals surface area contributed by atoms with Gasteiger partial charge in [-0.1, -0.05) is 0 Å². The van der Waals surface area contributed by atoms with Crippen LogP contribution in [0.15, 0.2) is 0 Å². The number of carbonyl (C=O) groups excluding carboxylic acids is 1. The summed E-state index contributed by atoms with van der Waals surface area (Å²) in [6, 6.07) is -1.36. The van der Waals surface area contributed by atoms with Gasteiger partial charge in [-0.2, -0.15) is 0 Å². The summed E-state index contributed by atoms with van der Waals surface area (Å²) >= 11 is 0. The highest BCUT2D eigenvalue weighted by atomic mass is 16.5. The second-order valence-electron chi connectivity index (χ2n) is 4.06. The first-order chi connectivity index (χ1) is 7.49. The number of nitrogens with one attached hydrogen (secondary N) is 2.